The zero-order chi connectivity index (χ0) is 10.4. The van der Waals surface area contributed by atoms with Crippen molar-refractivity contribution in [3.8, 4) is 6.07 Å². The third-order valence-electron chi connectivity index (χ3n) is 1.42. The summed E-state index contributed by atoms with van der Waals surface area (Å²) in [6, 6.07) is 2.07. The fraction of sp³-hybridized carbons (Fsp3) is 0.364. The second-order valence-corrected chi connectivity index (χ2v) is 3.06. The van der Waals surface area contributed by atoms with Crippen LogP contribution < -0.4 is 0 Å². The maximum absolute atomic E-state index is 8.83. The minimum absolute atomic E-state index is 0.503. The molecule has 0 bridgehead atoms. The van der Waals surface area contributed by atoms with E-state index >= 15 is 0 Å². The van der Waals surface area contributed by atoms with E-state index in [9.17, 15) is 0 Å². The molecule has 0 saturated carbocycles. The molecule has 0 aromatic rings. The molecule has 0 heterocycles. The van der Waals surface area contributed by atoms with E-state index in [-0.39, 0.29) is 0 Å². The van der Waals surface area contributed by atoms with Gasteiger partial charge in [0.1, 0.15) is 11.8 Å². The Labute approximate surface area is 79.8 Å². The maximum atomic E-state index is 8.83. The molecule has 0 aromatic carbocycles. The van der Waals surface area contributed by atoms with Crippen LogP contribution in [0.2, 0.25) is 0 Å². The zero-order valence-electron chi connectivity index (χ0n) is 8.64. The Hall–Kier alpha value is -1.49. The molecule has 0 saturated heterocycles. The Morgan fingerprint density at radius 3 is 2.15 bits per heavy atom. The highest BCUT2D eigenvalue weighted by molar-refractivity contribution is 5.45. The summed E-state index contributed by atoms with van der Waals surface area (Å²) in [6.07, 6.45) is 1.83. The second kappa shape index (κ2) is 5.21. The van der Waals surface area contributed by atoms with E-state index in [2.05, 4.69) is 12.6 Å². The minimum Gasteiger partial charge on any atom is -0.495 e. The fourth-order valence-corrected chi connectivity index (χ4v) is 0.856. The van der Waals surface area contributed by atoms with Gasteiger partial charge in [-0.15, -0.1) is 0 Å². The molecule has 0 atom stereocenters. The molecule has 0 amide bonds. The predicted octanol–water partition coefficient (Wildman–Crippen LogP) is 2.95. The maximum Gasteiger partial charge on any atom is 0.136 e. The van der Waals surface area contributed by atoms with Gasteiger partial charge in [-0.25, -0.2) is 0 Å². The average molecular weight is 177 g/mol. The van der Waals surface area contributed by atoms with Gasteiger partial charge in [-0.2, -0.15) is 5.26 Å². The largest absolute Gasteiger partial charge is 0.495 e. The normalized spacial score (nSPS) is 11.0. The molecule has 0 aliphatic carbocycles. The van der Waals surface area contributed by atoms with E-state index in [4.69, 9.17) is 10.00 Å². The van der Waals surface area contributed by atoms with Gasteiger partial charge in [-0.3, -0.25) is 0 Å². The van der Waals surface area contributed by atoms with Crippen molar-refractivity contribution in [3.63, 3.8) is 0 Å². The molecular weight excluding hydrogens is 162 g/mol. The Morgan fingerprint density at radius 2 is 1.92 bits per heavy atom. The van der Waals surface area contributed by atoms with Crippen LogP contribution in [-0.2, 0) is 4.74 Å². The SMILES string of the molecule is C=C(C)C(C#N)=C(C=C(C)C)OC. The van der Waals surface area contributed by atoms with Crippen LogP contribution >= 0.6 is 0 Å². The van der Waals surface area contributed by atoms with Crippen molar-refractivity contribution in [2.24, 2.45) is 0 Å². The first-order valence-electron chi connectivity index (χ1n) is 4.02. The van der Waals surface area contributed by atoms with Crippen LogP contribution in [0.3, 0.4) is 0 Å². The number of hydrogen-bond donors (Lipinski definition) is 0. The molecule has 70 valence electrons. The average Bonchev–Trinajstić information content (AvgIpc) is 2.02. The summed E-state index contributed by atoms with van der Waals surface area (Å²) >= 11 is 0. The van der Waals surface area contributed by atoms with E-state index in [1.54, 1.807) is 14.0 Å². The van der Waals surface area contributed by atoms with Crippen molar-refractivity contribution in [1.29, 1.82) is 5.26 Å². The number of rotatable bonds is 3. The summed E-state index contributed by atoms with van der Waals surface area (Å²) in [6.45, 7) is 9.40. The van der Waals surface area contributed by atoms with Crippen LogP contribution in [0, 0.1) is 11.3 Å². The van der Waals surface area contributed by atoms with Gasteiger partial charge in [0.2, 0.25) is 0 Å². The first kappa shape index (κ1) is 11.5. The third kappa shape index (κ3) is 3.62. The molecular formula is C11H15NO. The summed E-state index contributed by atoms with van der Waals surface area (Å²) in [5.41, 5.74) is 2.31. The first-order chi connectivity index (χ1) is 6.02. The number of allylic oxidation sites excluding steroid dienone is 4. The van der Waals surface area contributed by atoms with Gasteiger partial charge in [0.25, 0.3) is 0 Å². The molecule has 0 aromatic heterocycles. The van der Waals surface area contributed by atoms with Gasteiger partial charge in [-0.05, 0) is 32.4 Å². The second-order valence-electron chi connectivity index (χ2n) is 3.06. The van der Waals surface area contributed by atoms with Crippen LogP contribution in [0.4, 0.5) is 0 Å². The lowest BCUT2D eigenvalue weighted by Crippen LogP contribution is -1.92. The summed E-state index contributed by atoms with van der Waals surface area (Å²) in [4.78, 5) is 0. The van der Waals surface area contributed by atoms with Crippen molar-refractivity contribution in [3.05, 3.63) is 35.1 Å². The van der Waals surface area contributed by atoms with Gasteiger partial charge in [0.15, 0.2) is 0 Å². The number of hydrogen-bond acceptors (Lipinski definition) is 2. The van der Waals surface area contributed by atoms with E-state index in [0.717, 1.165) is 11.1 Å². The van der Waals surface area contributed by atoms with Crippen LogP contribution in [0.5, 0.6) is 0 Å². The van der Waals surface area contributed by atoms with Crippen LogP contribution in [0.1, 0.15) is 20.8 Å². The molecule has 0 fully saturated rings. The topological polar surface area (TPSA) is 33.0 Å². The first-order valence-corrected chi connectivity index (χ1v) is 4.02. The van der Waals surface area contributed by atoms with Crippen molar-refractivity contribution in [2.75, 3.05) is 7.11 Å². The Bertz CT molecular complexity index is 299. The molecule has 2 heteroatoms. The highest BCUT2D eigenvalue weighted by atomic mass is 16.5. The van der Waals surface area contributed by atoms with Gasteiger partial charge < -0.3 is 4.74 Å². The van der Waals surface area contributed by atoms with E-state index in [0.29, 0.717) is 11.3 Å². The highest BCUT2D eigenvalue weighted by Gasteiger charge is 2.04. The summed E-state index contributed by atoms with van der Waals surface area (Å²) in [7, 11) is 1.55. The lowest BCUT2D eigenvalue weighted by atomic mass is 10.1. The number of nitrogens with zero attached hydrogens (tertiary/aromatic N) is 1. The van der Waals surface area contributed by atoms with Gasteiger partial charge in [0, 0.05) is 0 Å². The predicted molar refractivity (Wildman–Crippen MR) is 53.9 cm³/mol. The summed E-state index contributed by atoms with van der Waals surface area (Å²) < 4.78 is 5.10. The fourth-order valence-electron chi connectivity index (χ4n) is 0.856. The highest BCUT2D eigenvalue weighted by Crippen LogP contribution is 2.15. The van der Waals surface area contributed by atoms with E-state index < -0.39 is 0 Å². The van der Waals surface area contributed by atoms with E-state index in [1.807, 2.05) is 19.9 Å². The Balaban J connectivity index is 5.22. The lowest BCUT2D eigenvalue weighted by molar-refractivity contribution is 0.304. The monoisotopic (exact) mass is 177 g/mol. The van der Waals surface area contributed by atoms with Crippen molar-refractivity contribution in [2.45, 2.75) is 20.8 Å². The summed E-state index contributed by atoms with van der Waals surface area (Å²) in [5, 5.41) is 8.83. The molecule has 0 aliphatic rings. The minimum atomic E-state index is 0.503. The summed E-state index contributed by atoms with van der Waals surface area (Å²) in [5.74, 6) is 0.579. The molecule has 0 spiro atoms. The van der Waals surface area contributed by atoms with Gasteiger partial charge in [-0.1, -0.05) is 12.2 Å². The van der Waals surface area contributed by atoms with Gasteiger partial charge >= 0.3 is 0 Å². The Morgan fingerprint density at radius 1 is 1.38 bits per heavy atom. The van der Waals surface area contributed by atoms with Crippen molar-refractivity contribution < 1.29 is 4.74 Å². The van der Waals surface area contributed by atoms with Crippen molar-refractivity contribution in [1.82, 2.24) is 0 Å². The van der Waals surface area contributed by atoms with Crippen LogP contribution in [-0.4, -0.2) is 7.11 Å². The van der Waals surface area contributed by atoms with Crippen LogP contribution in [0.15, 0.2) is 35.1 Å². The quantitative estimate of drug-likeness (QED) is 0.377. The van der Waals surface area contributed by atoms with E-state index in [1.165, 1.54) is 0 Å². The zero-order valence-corrected chi connectivity index (χ0v) is 8.64. The number of ether oxygens (including phenoxy) is 1. The standard InChI is InChI=1S/C11H15NO/c1-8(2)6-11(13-5)10(7-12)9(3)4/h6H,3H2,1-2,4-5H3. The molecule has 0 rings (SSSR count). The Kier molecular flexibility index (Phi) is 4.61. The molecule has 0 N–H and O–H groups in total. The smallest absolute Gasteiger partial charge is 0.136 e. The van der Waals surface area contributed by atoms with Crippen LogP contribution in [0.25, 0.3) is 0 Å². The molecule has 13 heavy (non-hydrogen) atoms. The molecule has 0 aliphatic heterocycles. The van der Waals surface area contributed by atoms with Gasteiger partial charge in [0.05, 0.1) is 12.7 Å². The number of nitriles is 1. The van der Waals surface area contributed by atoms with Crippen molar-refractivity contribution >= 4 is 0 Å². The molecule has 0 radical (unpaired) electrons. The number of methoxy groups -OCH3 is 1. The third-order valence-corrected chi connectivity index (χ3v) is 1.42. The molecule has 0 unspecified atom stereocenters. The molecule has 2 nitrogen and oxygen atoms in total. The lowest BCUT2D eigenvalue weighted by Gasteiger charge is -2.05.